The molecule has 0 fully saturated rings. The van der Waals surface area contributed by atoms with E-state index in [1.807, 2.05) is 48.9 Å². The molecule has 37 heavy (non-hydrogen) atoms. The highest BCUT2D eigenvalue weighted by Crippen LogP contribution is 2.37. The van der Waals surface area contributed by atoms with Gasteiger partial charge in [0.25, 0.3) is 0 Å². The lowest BCUT2D eigenvalue weighted by Crippen LogP contribution is -2.26. The van der Waals surface area contributed by atoms with Gasteiger partial charge in [-0.1, -0.05) is 20.3 Å². The Morgan fingerprint density at radius 3 is 2.68 bits per heavy atom. The second-order valence-corrected chi connectivity index (χ2v) is 9.47. The number of rotatable bonds is 11. The average molecular weight is 507 g/mol. The number of hydrogen-bond donors (Lipinski definition) is 5. The predicted octanol–water partition coefficient (Wildman–Crippen LogP) is 3.35. The van der Waals surface area contributed by atoms with E-state index in [9.17, 15) is 19.8 Å². The number of phenolic OH excluding ortho intramolecular Hbond substituents is 2. The van der Waals surface area contributed by atoms with Gasteiger partial charge in [0.15, 0.2) is 5.82 Å². The lowest BCUT2D eigenvalue weighted by molar-refractivity contribution is -0.121. The van der Waals surface area contributed by atoms with Crippen molar-refractivity contribution < 1.29 is 15.0 Å². The molecular formula is C27H34N6O4. The van der Waals surface area contributed by atoms with Crippen molar-refractivity contribution in [3.63, 3.8) is 0 Å². The van der Waals surface area contributed by atoms with E-state index < -0.39 is 5.69 Å². The molecule has 0 radical (unpaired) electrons. The van der Waals surface area contributed by atoms with E-state index in [1.54, 1.807) is 6.07 Å². The molecule has 6 N–H and O–H groups in total. The number of aromatic nitrogens is 4. The van der Waals surface area contributed by atoms with Crippen LogP contribution in [0.5, 0.6) is 11.5 Å². The molecule has 2 aromatic heterocycles. The van der Waals surface area contributed by atoms with Gasteiger partial charge in [-0.25, -0.2) is 14.5 Å². The fourth-order valence-corrected chi connectivity index (χ4v) is 4.49. The Kier molecular flexibility index (Phi) is 7.98. The summed E-state index contributed by atoms with van der Waals surface area (Å²) in [5.74, 6) is 0.121. The molecule has 1 amide bonds. The van der Waals surface area contributed by atoms with Gasteiger partial charge < -0.3 is 25.8 Å². The first-order chi connectivity index (χ1) is 17.8. The number of hydrogen-bond acceptors (Lipinski definition) is 6. The fraction of sp³-hybridized carbons (Fsp3) is 0.370. The Hall–Kier alpha value is -4.05. The third-order valence-corrected chi connectivity index (χ3v) is 6.48. The van der Waals surface area contributed by atoms with Gasteiger partial charge in [0.05, 0.1) is 11.3 Å². The van der Waals surface area contributed by atoms with E-state index in [0.717, 1.165) is 30.2 Å². The van der Waals surface area contributed by atoms with Crippen LogP contribution in [0, 0.1) is 0 Å². The molecule has 0 bridgehead atoms. The monoisotopic (exact) mass is 506 g/mol. The van der Waals surface area contributed by atoms with Gasteiger partial charge in [-0.05, 0) is 61.2 Å². The number of nitrogens with one attached hydrogen (secondary N) is 2. The molecule has 0 saturated heterocycles. The largest absolute Gasteiger partial charge is 0.508 e. The molecule has 0 saturated carbocycles. The second-order valence-electron chi connectivity index (χ2n) is 9.47. The Balaban J connectivity index is 1.55. The van der Waals surface area contributed by atoms with Gasteiger partial charge >= 0.3 is 5.69 Å². The number of carbonyl (C=O) groups excluding carboxylic acids is 1. The van der Waals surface area contributed by atoms with E-state index in [0.29, 0.717) is 42.9 Å². The molecule has 0 aliphatic rings. The normalized spacial score (nSPS) is 11.5. The maximum absolute atomic E-state index is 12.7. The maximum Gasteiger partial charge on any atom is 0.348 e. The van der Waals surface area contributed by atoms with E-state index in [-0.39, 0.29) is 29.1 Å². The summed E-state index contributed by atoms with van der Waals surface area (Å²) in [6.45, 7) is 5.65. The molecule has 0 aliphatic heterocycles. The molecule has 2 aromatic carbocycles. The highest BCUT2D eigenvalue weighted by molar-refractivity contribution is 5.83. The third-order valence-electron chi connectivity index (χ3n) is 6.48. The maximum atomic E-state index is 12.7. The van der Waals surface area contributed by atoms with Crippen LogP contribution in [0.25, 0.3) is 28.0 Å². The summed E-state index contributed by atoms with van der Waals surface area (Å²) >= 11 is 0. The van der Waals surface area contributed by atoms with Gasteiger partial charge in [0.2, 0.25) is 5.91 Å². The Bertz CT molecular complexity index is 1450. The van der Waals surface area contributed by atoms with Crippen molar-refractivity contribution in [2.75, 3.05) is 13.1 Å². The summed E-state index contributed by atoms with van der Waals surface area (Å²) in [6.07, 6.45) is 5.19. The van der Waals surface area contributed by atoms with E-state index in [4.69, 9.17) is 5.73 Å². The highest BCUT2D eigenvalue weighted by atomic mass is 16.3. The quantitative estimate of drug-likeness (QED) is 0.197. The molecular weight excluding hydrogens is 472 g/mol. The first-order valence-corrected chi connectivity index (χ1v) is 12.6. The topological polar surface area (TPSA) is 151 Å². The minimum absolute atomic E-state index is 0.00812. The molecule has 0 unspecified atom stereocenters. The third kappa shape index (κ3) is 5.69. The Morgan fingerprint density at radius 1 is 1.11 bits per heavy atom. The van der Waals surface area contributed by atoms with Crippen LogP contribution in [0.1, 0.15) is 51.0 Å². The zero-order valence-corrected chi connectivity index (χ0v) is 21.2. The van der Waals surface area contributed by atoms with Crippen molar-refractivity contribution in [2.24, 2.45) is 5.73 Å². The number of fused-ring (bicyclic) bond motifs is 1. The van der Waals surface area contributed by atoms with Gasteiger partial charge in [0, 0.05) is 42.7 Å². The number of benzene rings is 2. The standard InChI is InChI=1S/C27H34N6O4/c1-17(2)20-15-21(24(35)16-23(20)34)26-30-31-27(37)33(26)19-7-8-22-18(14-19)9-12-32(22)13-11-29-25(36)6-4-3-5-10-28/h7-9,12,14-17,34-35H,3-6,10-11,13,28H2,1-2H3,(H,29,36)(H,31,37). The van der Waals surface area contributed by atoms with Gasteiger partial charge in [0.1, 0.15) is 11.5 Å². The van der Waals surface area contributed by atoms with Crippen molar-refractivity contribution in [1.29, 1.82) is 0 Å². The molecule has 0 aliphatic carbocycles. The number of nitrogens with two attached hydrogens (primary N) is 1. The minimum Gasteiger partial charge on any atom is -0.508 e. The van der Waals surface area contributed by atoms with Gasteiger partial charge in [-0.3, -0.25) is 4.79 Å². The van der Waals surface area contributed by atoms with Crippen LogP contribution in [0.2, 0.25) is 0 Å². The summed E-state index contributed by atoms with van der Waals surface area (Å²) in [5.41, 5.74) is 7.58. The molecule has 0 spiro atoms. The number of carbonyl (C=O) groups is 1. The number of phenols is 2. The summed E-state index contributed by atoms with van der Waals surface area (Å²) in [5, 5.41) is 31.3. The van der Waals surface area contributed by atoms with Crippen LogP contribution in [-0.2, 0) is 11.3 Å². The van der Waals surface area contributed by atoms with Gasteiger partial charge in [-0.2, -0.15) is 5.10 Å². The summed E-state index contributed by atoms with van der Waals surface area (Å²) in [7, 11) is 0. The molecule has 0 atom stereocenters. The zero-order chi connectivity index (χ0) is 26.5. The number of H-pyrrole nitrogens is 1. The first-order valence-electron chi connectivity index (χ1n) is 12.6. The van der Waals surface area contributed by atoms with Crippen molar-refractivity contribution >= 4 is 16.8 Å². The van der Waals surface area contributed by atoms with Crippen molar-refractivity contribution in [1.82, 2.24) is 24.6 Å². The Morgan fingerprint density at radius 2 is 1.92 bits per heavy atom. The van der Waals surface area contributed by atoms with E-state index in [2.05, 4.69) is 15.5 Å². The number of nitrogens with zero attached hydrogens (tertiary/aromatic N) is 3. The highest BCUT2D eigenvalue weighted by Gasteiger charge is 2.20. The smallest absolute Gasteiger partial charge is 0.348 e. The lowest BCUT2D eigenvalue weighted by Gasteiger charge is -2.13. The summed E-state index contributed by atoms with van der Waals surface area (Å²) in [4.78, 5) is 24.8. The summed E-state index contributed by atoms with van der Waals surface area (Å²) < 4.78 is 3.45. The SMILES string of the molecule is CC(C)c1cc(-c2n[nH]c(=O)n2-c2ccc3c(ccn3CCNC(=O)CCCCCN)c2)c(O)cc1O. The Labute approximate surface area is 214 Å². The summed E-state index contributed by atoms with van der Waals surface area (Å²) in [6, 6.07) is 10.5. The number of aromatic amines is 1. The molecule has 196 valence electrons. The lowest BCUT2D eigenvalue weighted by atomic mass is 9.98. The predicted molar refractivity (Wildman–Crippen MR) is 143 cm³/mol. The molecule has 10 heteroatoms. The van der Waals surface area contributed by atoms with Crippen LogP contribution >= 0.6 is 0 Å². The van der Waals surface area contributed by atoms with Crippen molar-refractivity contribution in [2.45, 2.75) is 52.0 Å². The minimum atomic E-state index is -0.443. The van der Waals surface area contributed by atoms with Crippen LogP contribution in [0.15, 0.2) is 47.4 Å². The first kappa shape index (κ1) is 26.0. The number of aromatic hydroxyl groups is 2. The van der Waals surface area contributed by atoms with E-state index >= 15 is 0 Å². The number of amides is 1. The van der Waals surface area contributed by atoms with Gasteiger partial charge in [-0.15, -0.1) is 0 Å². The fourth-order valence-electron chi connectivity index (χ4n) is 4.49. The van der Waals surface area contributed by atoms with Crippen LogP contribution in [-0.4, -0.2) is 48.5 Å². The van der Waals surface area contributed by atoms with Crippen LogP contribution in [0.3, 0.4) is 0 Å². The zero-order valence-electron chi connectivity index (χ0n) is 21.2. The second kappa shape index (κ2) is 11.3. The van der Waals surface area contributed by atoms with Crippen LogP contribution in [0.4, 0.5) is 0 Å². The molecule has 4 rings (SSSR count). The van der Waals surface area contributed by atoms with Crippen molar-refractivity contribution in [3.8, 4) is 28.6 Å². The number of unbranched alkanes of at least 4 members (excludes halogenated alkanes) is 2. The van der Waals surface area contributed by atoms with Crippen LogP contribution < -0.4 is 16.7 Å². The molecule has 4 aromatic rings. The average Bonchev–Trinajstić information content (AvgIpc) is 3.44. The van der Waals surface area contributed by atoms with E-state index in [1.165, 1.54) is 10.6 Å². The molecule has 10 nitrogen and oxygen atoms in total. The molecule has 2 heterocycles. The van der Waals surface area contributed by atoms with Crippen molar-refractivity contribution in [3.05, 3.63) is 58.6 Å².